The zero-order valence-corrected chi connectivity index (χ0v) is 21.4. The number of aromatic amines is 2. The second-order valence-electron chi connectivity index (χ2n) is 9.67. The number of pyridine rings is 3. The van der Waals surface area contributed by atoms with Crippen LogP contribution in [-0.2, 0) is 13.1 Å². The minimum absolute atomic E-state index is 0.264. The molecule has 0 radical (unpaired) electrons. The Hall–Kier alpha value is -5.21. The number of benzene rings is 2. The first-order valence-electron chi connectivity index (χ1n) is 13.0. The van der Waals surface area contributed by atoms with E-state index in [-0.39, 0.29) is 5.82 Å². The van der Waals surface area contributed by atoms with Gasteiger partial charge in [0, 0.05) is 48.0 Å². The quantitative estimate of drug-likeness (QED) is 0.216. The van der Waals surface area contributed by atoms with Crippen molar-refractivity contribution in [3.63, 3.8) is 0 Å². The molecule has 5 aromatic heterocycles. The van der Waals surface area contributed by atoms with E-state index in [9.17, 15) is 4.39 Å². The number of rotatable bonds is 7. The summed E-state index contributed by atoms with van der Waals surface area (Å²) >= 11 is 0. The van der Waals surface area contributed by atoms with E-state index in [2.05, 4.69) is 53.6 Å². The fraction of sp³-hybridized carbons (Fsp3) is 0.0625. The molecule has 0 fully saturated rings. The minimum atomic E-state index is -0.264. The summed E-state index contributed by atoms with van der Waals surface area (Å²) in [7, 11) is 0. The average Bonchev–Trinajstić information content (AvgIpc) is 3.62. The lowest BCUT2D eigenvalue weighted by atomic mass is 10.0. The Kier molecular flexibility index (Phi) is 6.07. The predicted octanol–water partition coefficient (Wildman–Crippen LogP) is 6.66. The van der Waals surface area contributed by atoms with Gasteiger partial charge in [-0.1, -0.05) is 42.5 Å². The molecule has 0 aliphatic rings. The molecule has 0 atom stereocenters. The van der Waals surface area contributed by atoms with Crippen LogP contribution in [0.3, 0.4) is 0 Å². The molecule has 0 saturated heterocycles. The summed E-state index contributed by atoms with van der Waals surface area (Å²) in [5, 5.41) is 13.1. The van der Waals surface area contributed by atoms with Gasteiger partial charge >= 0.3 is 0 Å². The Morgan fingerprint density at radius 2 is 1.60 bits per heavy atom. The van der Waals surface area contributed by atoms with Gasteiger partial charge < -0.3 is 10.3 Å². The molecule has 0 bridgehead atoms. The lowest BCUT2D eigenvalue weighted by Crippen LogP contribution is -2.12. The van der Waals surface area contributed by atoms with Crippen molar-refractivity contribution in [2.45, 2.75) is 13.1 Å². The standard InChI is InChI=1S/C32H24FN7/c33-24-8-6-22(7-9-24)25-10-11-36-32-26(25)13-29(38-32)31-27-14-28(37-19-30(27)39-40-31)23-12-21(17-35-18-23)16-34-15-20-4-2-1-3-5-20/h1-14,17-19,34H,15-16H2,(H,36,38)(H,39,40). The number of halogens is 1. The summed E-state index contributed by atoms with van der Waals surface area (Å²) < 4.78 is 13.5. The van der Waals surface area contributed by atoms with Crippen LogP contribution in [0.15, 0.2) is 104 Å². The summed E-state index contributed by atoms with van der Waals surface area (Å²) in [5.74, 6) is -0.264. The third-order valence-corrected chi connectivity index (χ3v) is 6.98. The van der Waals surface area contributed by atoms with E-state index in [0.29, 0.717) is 6.54 Å². The highest BCUT2D eigenvalue weighted by molar-refractivity contribution is 6.00. The smallest absolute Gasteiger partial charge is 0.138 e. The highest BCUT2D eigenvalue weighted by Gasteiger charge is 2.15. The van der Waals surface area contributed by atoms with Crippen LogP contribution >= 0.6 is 0 Å². The summed E-state index contributed by atoms with van der Waals surface area (Å²) in [6.45, 7) is 1.49. The molecule has 2 aromatic carbocycles. The minimum Gasteiger partial charge on any atom is -0.338 e. The SMILES string of the molecule is Fc1ccc(-c2ccnc3[nH]c(-c4n[nH]c5cnc(-c6cncc(CNCc7ccccc7)c6)cc45)cc23)cc1. The summed E-state index contributed by atoms with van der Waals surface area (Å²) in [6.07, 6.45) is 7.25. The molecule has 194 valence electrons. The molecule has 40 heavy (non-hydrogen) atoms. The van der Waals surface area contributed by atoms with E-state index in [1.165, 1.54) is 17.7 Å². The van der Waals surface area contributed by atoms with Crippen molar-refractivity contribution in [1.29, 1.82) is 0 Å². The number of hydrogen-bond donors (Lipinski definition) is 3. The lowest BCUT2D eigenvalue weighted by Gasteiger charge is -2.07. The van der Waals surface area contributed by atoms with Gasteiger partial charge in [-0.3, -0.25) is 15.1 Å². The maximum atomic E-state index is 13.5. The number of aromatic nitrogens is 6. The maximum absolute atomic E-state index is 13.5. The van der Waals surface area contributed by atoms with Gasteiger partial charge in [0.05, 0.1) is 23.1 Å². The number of hydrogen-bond acceptors (Lipinski definition) is 5. The fourth-order valence-corrected chi connectivity index (χ4v) is 4.99. The molecule has 3 N–H and O–H groups in total. The Morgan fingerprint density at radius 1 is 0.750 bits per heavy atom. The van der Waals surface area contributed by atoms with Crippen LogP contribution in [0.5, 0.6) is 0 Å². The van der Waals surface area contributed by atoms with E-state index >= 15 is 0 Å². The fourth-order valence-electron chi connectivity index (χ4n) is 4.99. The highest BCUT2D eigenvalue weighted by atomic mass is 19.1. The largest absolute Gasteiger partial charge is 0.338 e. The van der Waals surface area contributed by atoms with E-state index in [4.69, 9.17) is 0 Å². The van der Waals surface area contributed by atoms with Crippen molar-refractivity contribution in [2.24, 2.45) is 0 Å². The van der Waals surface area contributed by atoms with Crippen LogP contribution in [0, 0.1) is 5.82 Å². The van der Waals surface area contributed by atoms with Gasteiger partial charge in [0.15, 0.2) is 0 Å². The van der Waals surface area contributed by atoms with Crippen LogP contribution in [-0.4, -0.2) is 30.1 Å². The van der Waals surface area contributed by atoms with Gasteiger partial charge in [0.2, 0.25) is 0 Å². The zero-order valence-electron chi connectivity index (χ0n) is 21.4. The molecule has 8 heteroatoms. The summed E-state index contributed by atoms with van der Waals surface area (Å²) in [4.78, 5) is 17.1. The van der Waals surface area contributed by atoms with Crippen LogP contribution in [0.2, 0.25) is 0 Å². The molecule has 0 aliphatic heterocycles. The van der Waals surface area contributed by atoms with Gasteiger partial charge in [-0.15, -0.1) is 0 Å². The second kappa shape index (κ2) is 10.2. The maximum Gasteiger partial charge on any atom is 0.138 e. The first-order chi connectivity index (χ1) is 19.7. The molecule has 5 heterocycles. The molecule has 0 spiro atoms. The average molecular weight is 526 g/mol. The van der Waals surface area contributed by atoms with Gasteiger partial charge in [-0.2, -0.15) is 5.10 Å². The van der Waals surface area contributed by atoms with Gasteiger partial charge in [-0.25, -0.2) is 9.37 Å². The normalized spacial score (nSPS) is 11.4. The first kappa shape index (κ1) is 23.9. The van der Waals surface area contributed by atoms with Gasteiger partial charge in [0.25, 0.3) is 0 Å². The Morgan fingerprint density at radius 3 is 2.48 bits per heavy atom. The topological polar surface area (TPSA) is 95.2 Å². The molecule has 0 aliphatic carbocycles. The highest BCUT2D eigenvalue weighted by Crippen LogP contribution is 2.34. The predicted molar refractivity (Wildman–Crippen MR) is 155 cm³/mol. The van der Waals surface area contributed by atoms with E-state index in [0.717, 1.165) is 67.8 Å². The molecule has 0 saturated carbocycles. The third-order valence-electron chi connectivity index (χ3n) is 6.98. The Balaban J connectivity index is 1.20. The zero-order chi connectivity index (χ0) is 26.9. The van der Waals surface area contributed by atoms with Crippen molar-refractivity contribution < 1.29 is 4.39 Å². The number of nitrogens with zero attached hydrogens (tertiary/aromatic N) is 4. The van der Waals surface area contributed by atoms with E-state index in [1.54, 1.807) is 24.5 Å². The molecule has 0 unspecified atom stereocenters. The van der Waals surface area contributed by atoms with E-state index < -0.39 is 0 Å². The van der Waals surface area contributed by atoms with Gasteiger partial charge in [0.1, 0.15) is 17.2 Å². The van der Waals surface area contributed by atoms with Crippen molar-refractivity contribution in [2.75, 3.05) is 0 Å². The summed E-state index contributed by atoms with van der Waals surface area (Å²) in [6, 6.07) is 24.9. The summed E-state index contributed by atoms with van der Waals surface area (Å²) in [5.41, 5.74) is 9.13. The van der Waals surface area contributed by atoms with Crippen LogP contribution < -0.4 is 5.32 Å². The molecule has 7 aromatic rings. The van der Waals surface area contributed by atoms with Crippen molar-refractivity contribution in [1.82, 2.24) is 35.5 Å². The Labute approximate surface area is 229 Å². The van der Waals surface area contributed by atoms with Gasteiger partial charge in [-0.05, 0) is 58.7 Å². The van der Waals surface area contributed by atoms with Crippen LogP contribution in [0.25, 0.3) is 55.7 Å². The molecule has 7 rings (SSSR count). The van der Waals surface area contributed by atoms with Crippen LogP contribution in [0.1, 0.15) is 11.1 Å². The number of H-pyrrole nitrogens is 2. The number of fused-ring (bicyclic) bond motifs is 2. The van der Waals surface area contributed by atoms with Crippen molar-refractivity contribution in [3.8, 4) is 33.8 Å². The number of nitrogens with one attached hydrogen (secondary N) is 3. The van der Waals surface area contributed by atoms with E-state index in [1.807, 2.05) is 48.8 Å². The lowest BCUT2D eigenvalue weighted by molar-refractivity contribution is 0.628. The second-order valence-corrected chi connectivity index (χ2v) is 9.67. The van der Waals surface area contributed by atoms with Crippen molar-refractivity contribution >= 4 is 21.9 Å². The molecule has 0 amide bonds. The molecular weight excluding hydrogens is 501 g/mol. The third kappa shape index (κ3) is 4.61. The Bertz CT molecular complexity index is 1940. The monoisotopic (exact) mass is 525 g/mol. The first-order valence-corrected chi connectivity index (χ1v) is 13.0. The molecular formula is C32H24FN7. The van der Waals surface area contributed by atoms with Crippen LogP contribution in [0.4, 0.5) is 4.39 Å². The molecule has 7 nitrogen and oxygen atoms in total. The van der Waals surface area contributed by atoms with Crippen molar-refractivity contribution in [3.05, 3.63) is 121 Å².